The first-order valence-electron chi connectivity index (χ1n) is 6.26. The Hall–Kier alpha value is -1.14. The Bertz CT molecular complexity index is 679. The van der Waals surface area contributed by atoms with E-state index in [-0.39, 0.29) is 18.8 Å². The number of nitrogens with zero attached hydrogens (tertiary/aromatic N) is 2. The average Bonchev–Trinajstić information content (AvgIpc) is 2.43. The Morgan fingerprint density at radius 2 is 1.95 bits per heavy atom. The van der Waals surface area contributed by atoms with Gasteiger partial charge < -0.3 is 5.73 Å². The van der Waals surface area contributed by atoms with Gasteiger partial charge in [0.1, 0.15) is 10.7 Å². The third-order valence-electron chi connectivity index (χ3n) is 3.32. The van der Waals surface area contributed by atoms with E-state index < -0.39 is 20.7 Å². The van der Waals surface area contributed by atoms with Crippen molar-refractivity contribution in [3.05, 3.63) is 22.4 Å². The second-order valence-corrected chi connectivity index (χ2v) is 7.45. The van der Waals surface area contributed by atoms with Crippen molar-refractivity contribution in [2.24, 2.45) is 0 Å². The van der Waals surface area contributed by atoms with Crippen molar-refractivity contribution in [3.8, 4) is 12.3 Å². The van der Waals surface area contributed by atoms with Gasteiger partial charge in [-0.2, -0.15) is 4.31 Å². The van der Waals surface area contributed by atoms with Crippen LogP contribution in [-0.4, -0.2) is 50.3 Å². The molecule has 114 valence electrons. The molecule has 21 heavy (non-hydrogen) atoms. The number of terminal acetylenes is 1. The molecule has 0 unspecified atom stereocenters. The predicted molar refractivity (Wildman–Crippen MR) is 82.5 cm³/mol. The van der Waals surface area contributed by atoms with Gasteiger partial charge in [0, 0.05) is 36.3 Å². The van der Waals surface area contributed by atoms with E-state index in [1.54, 1.807) is 0 Å². The number of hydrogen-bond donors (Lipinski definition) is 1. The van der Waals surface area contributed by atoms with Crippen molar-refractivity contribution in [2.45, 2.75) is 4.90 Å². The molecule has 1 aliphatic rings. The van der Waals surface area contributed by atoms with Crippen molar-refractivity contribution in [1.82, 2.24) is 9.21 Å². The number of sulfonamides is 1. The lowest BCUT2D eigenvalue weighted by Gasteiger charge is -2.32. The van der Waals surface area contributed by atoms with Gasteiger partial charge in [-0.1, -0.05) is 5.92 Å². The number of rotatable bonds is 3. The van der Waals surface area contributed by atoms with Crippen LogP contribution in [0.1, 0.15) is 0 Å². The van der Waals surface area contributed by atoms with Gasteiger partial charge in [-0.05, 0) is 28.1 Å². The minimum Gasteiger partial charge on any atom is -0.398 e. The topological polar surface area (TPSA) is 66.6 Å². The lowest BCUT2D eigenvalue weighted by molar-refractivity contribution is 0.206. The second kappa shape index (κ2) is 6.32. The van der Waals surface area contributed by atoms with Crippen LogP contribution in [0.3, 0.4) is 0 Å². The highest BCUT2D eigenvalue weighted by molar-refractivity contribution is 9.10. The van der Waals surface area contributed by atoms with Crippen molar-refractivity contribution >= 4 is 31.6 Å². The van der Waals surface area contributed by atoms with Crippen LogP contribution in [0, 0.1) is 18.2 Å². The van der Waals surface area contributed by atoms with Crippen LogP contribution in [0.15, 0.2) is 21.5 Å². The maximum atomic E-state index is 14.0. The average molecular weight is 376 g/mol. The molecule has 0 aromatic heterocycles. The Balaban J connectivity index is 2.24. The van der Waals surface area contributed by atoms with Crippen molar-refractivity contribution in [1.29, 1.82) is 0 Å². The Morgan fingerprint density at radius 3 is 2.52 bits per heavy atom. The third-order valence-corrected chi connectivity index (χ3v) is 5.92. The van der Waals surface area contributed by atoms with E-state index in [0.29, 0.717) is 24.1 Å². The van der Waals surface area contributed by atoms with E-state index in [1.165, 1.54) is 4.31 Å². The van der Waals surface area contributed by atoms with Gasteiger partial charge in [0.15, 0.2) is 0 Å². The molecule has 0 aliphatic carbocycles. The van der Waals surface area contributed by atoms with Gasteiger partial charge in [-0.15, -0.1) is 6.42 Å². The summed E-state index contributed by atoms with van der Waals surface area (Å²) in [4.78, 5) is 1.58. The molecule has 1 aromatic rings. The van der Waals surface area contributed by atoms with Gasteiger partial charge >= 0.3 is 0 Å². The zero-order chi connectivity index (χ0) is 15.6. The number of nitrogens with two attached hydrogens (primary N) is 1. The molecule has 2 rings (SSSR count). The molecule has 8 heteroatoms. The summed E-state index contributed by atoms with van der Waals surface area (Å²) in [6.45, 7) is 2.08. The quantitative estimate of drug-likeness (QED) is 0.634. The summed E-state index contributed by atoms with van der Waals surface area (Å²) in [5.74, 6) is 1.70. The van der Waals surface area contributed by atoms with Crippen molar-refractivity contribution < 1.29 is 12.8 Å². The largest absolute Gasteiger partial charge is 0.398 e. The van der Waals surface area contributed by atoms with Crippen LogP contribution in [0.25, 0.3) is 0 Å². The van der Waals surface area contributed by atoms with E-state index >= 15 is 0 Å². The normalized spacial score (nSPS) is 17.6. The standard InChI is InChI=1S/C13H15BrFN3O2S/c1-2-3-17-4-6-18(7-5-17)21(19,20)13-9-12(16)10(14)8-11(13)15/h1,8-9H,3-7,16H2. The molecule has 0 spiro atoms. The van der Waals surface area contributed by atoms with Crippen LogP contribution >= 0.6 is 15.9 Å². The number of benzene rings is 1. The number of anilines is 1. The Labute approximate surface area is 132 Å². The van der Waals surface area contributed by atoms with E-state index in [2.05, 4.69) is 21.9 Å². The summed E-state index contributed by atoms with van der Waals surface area (Å²) < 4.78 is 40.5. The highest BCUT2D eigenvalue weighted by Gasteiger charge is 2.31. The lowest BCUT2D eigenvalue weighted by atomic mass is 10.3. The van der Waals surface area contributed by atoms with Crippen LogP contribution in [0.2, 0.25) is 0 Å². The van der Waals surface area contributed by atoms with Crippen LogP contribution in [-0.2, 0) is 10.0 Å². The van der Waals surface area contributed by atoms with E-state index in [9.17, 15) is 12.8 Å². The fourth-order valence-electron chi connectivity index (χ4n) is 2.14. The van der Waals surface area contributed by atoms with Gasteiger partial charge in [-0.25, -0.2) is 12.8 Å². The van der Waals surface area contributed by atoms with Gasteiger partial charge in [0.2, 0.25) is 10.0 Å². The lowest BCUT2D eigenvalue weighted by Crippen LogP contribution is -2.48. The van der Waals surface area contributed by atoms with Crippen LogP contribution in [0.4, 0.5) is 10.1 Å². The molecule has 1 heterocycles. The molecule has 1 aliphatic heterocycles. The summed E-state index contributed by atoms with van der Waals surface area (Å²) in [5.41, 5.74) is 5.83. The molecule has 1 aromatic carbocycles. The summed E-state index contributed by atoms with van der Waals surface area (Å²) >= 11 is 3.07. The summed E-state index contributed by atoms with van der Waals surface area (Å²) in [6, 6.07) is 2.21. The van der Waals surface area contributed by atoms with Crippen molar-refractivity contribution in [2.75, 3.05) is 38.5 Å². The maximum Gasteiger partial charge on any atom is 0.246 e. The number of nitrogen functional groups attached to an aromatic ring is 1. The third kappa shape index (κ3) is 3.37. The second-order valence-electron chi connectivity index (χ2n) is 4.69. The first-order chi connectivity index (χ1) is 9.86. The number of halogens is 2. The summed E-state index contributed by atoms with van der Waals surface area (Å²) in [7, 11) is -3.89. The predicted octanol–water partition coefficient (Wildman–Crippen LogP) is 1.11. The molecule has 0 saturated carbocycles. The fourth-order valence-corrected chi connectivity index (χ4v) is 3.96. The van der Waals surface area contributed by atoms with Gasteiger partial charge in [-0.3, -0.25) is 4.90 Å². The van der Waals surface area contributed by atoms with E-state index in [4.69, 9.17) is 12.2 Å². The SMILES string of the molecule is C#CCN1CCN(S(=O)(=O)c2cc(N)c(Br)cc2F)CC1. The summed E-state index contributed by atoms with van der Waals surface area (Å²) in [5, 5.41) is 0. The molecular formula is C13H15BrFN3O2S. The highest BCUT2D eigenvalue weighted by Crippen LogP contribution is 2.28. The molecule has 2 N–H and O–H groups in total. The van der Waals surface area contributed by atoms with Crippen LogP contribution in [0.5, 0.6) is 0 Å². The molecule has 0 atom stereocenters. The zero-order valence-electron chi connectivity index (χ0n) is 11.2. The Kier molecular flexibility index (Phi) is 4.88. The Morgan fingerprint density at radius 1 is 1.33 bits per heavy atom. The monoisotopic (exact) mass is 375 g/mol. The van der Waals surface area contributed by atoms with Crippen molar-refractivity contribution in [3.63, 3.8) is 0 Å². The fraction of sp³-hybridized carbons (Fsp3) is 0.385. The number of piperazine rings is 1. The van der Waals surface area contributed by atoms with Gasteiger partial charge in [0.05, 0.1) is 6.54 Å². The van der Waals surface area contributed by atoms with E-state index in [0.717, 1.165) is 12.1 Å². The van der Waals surface area contributed by atoms with Crippen LogP contribution < -0.4 is 5.73 Å². The minimum absolute atomic E-state index is 0.181. The highest BCUT2D eigenvalue weighted by atomic mass is 79.9. The van der Waals surface area contributed by atoms with E-state index in [1.807, 2.05) is 4.90 Å². The zero-order valence-corrected chi connectivity index (χ0v) is 13.6. The molecule has 0 radical (unpaired) electrons. The number of hydrogen-bond acceptors (Lipinski definition) is 4. The molecular weight excluding hydrogens is 361 g/mol. The molecule has 5 nitrogen and oxygen atoms in total. The first kappa shape index (κ1) is 16.2. The maximum absolute atomic E-state index is 14.0. The molecule has 0 bridgehead atoms. The molecule has 1 fully saturated rings. The smallest absolute Gasteiger partial charge is 0.246 e. The minimum atomic E-state index is -3.89. The van der Waals surface area contributed by atoms with Gasteiger partial charge in [0.25, 0.3) is 0 Å². The summed E-state index contributed by atoms with van der Waals surface area (Å²) in [6.07, 6.45) is 5.23. The first-order valence-corrected chi connectivity index (χ1v) is 8.50. The molecule has 0 amide bonds. The molecule has 1 saturated heterocycles.